The Kier molecular flexibility index (Phi) is 7.67. The Balaban J connectivity index is 1.46. The second-order valence-corrected chi connectivity index (χ2v) is 8.77. The maximum Gasteiger partial charge on any atom is 0.315 e. The summed E-state index contributed by atoms with van der Waals surface area (Å²) in [5.74, 6) is 0.798. The van der Waals surface area contributed by atoms with Crippen molar-refractivity contribution in [3.63, 3.8) is 0 Å². The van der Waals surface area contributed by atoms with Gasteiger partial charge in [0, 0.05) is 26.2 Å². The van der Waals surface area contributed by atoms with E-state index in [1.165, 1.54) is 4.31 Å². The summed E-state index contributed by atoms with van der Waals surface area (Å²) >= 11 is 0. The van der Waals surface area contributed by atoms with Crippen LogP contribution in [0.2, 0.25) is 0 Å². The molecular weight excluding hydrogens is 406 g/mol. The Hall–Kier alpha value is -2.62. The fraction of sp³-hybridized carbons (Fsp3) is 0.381. The zero-order valence-electron chi connectivity index (χ0n) is 17.0. The standard InChI is InChI=1S/C21H27N3O5S/c1-28-20-5-3-2-4-18(20)10-11-22-21(25)23-16-17-6-8-19(9-7-17)30(26,27)24-12-14-29-15-13-24/h2-9H,10-16H2,1H3,(H2,22,23,25). The maximum absolute atomic E-state index is 12.6. The van der Waals surface area contributed by atoms with E-state index in [0.29, 0.717) is 45.8 Å². The van der Waals surface area contributed by atoms with Crippen LogP contribution in [0.4, 0.5) is 4.79 Å². The van der Waals surface area contributed by atoms with Crippen molar-refractivity contribution >= 4 is 16.1 Å². The third kappa shape index (κ3) is 5.71. The number of urea groups is 1. The van der Waals surface area contributed by atoms with Crippen LogP contribution in [-0.2, 0) is 27.7 Å². The number of para-hydroxylation sites is 1. The molecule has 3 rings (SSSR count). The Morgan fingerprint density at radius 3 is 2.47 bits per heavy atom. The van der Waals surface area contributed by atoms with E-state index in [1.807, 2.05) is 24.3 Å². The van der Waals surface area contributed by atoms with Gasteiger partial charge in [0.05, 0.1) is 25.2 Å². The number of hydrogen-bond donors (Lipinski definition) is 2. The third-order valence-electron chi connectivity index (χ3n) is 4.86. The molecule has 162 valence electrons. The van der Waals surface area contributed by atoms with Crippen LogP contribution in [0.25, 0.3) is 0 Å². The summed E-state index contributed by atoms with van der Waals surface area (Å²) in [4.78, 5) is 12.3. The molecule has 2 aromatic rings. The number of carbonyl (C=O) groups is 1. The SMILES string of the molecule is COc1ccccc1CCNC(=O)NCc1ccc(S(=O)(=O)N2CCOCC2)cc1. The zero-order valence-corrected chi connectivity index (χ0v) is 17.8. The lowest BCUT2D eigenvalue weighted by atomic mass is 10.1. The molecular formula is C21H27N3O5S. The number of carbonyl (C=O) groups excluding carboxylic acids is 1. The lowest BCUT2D eigenvalue weighted by molar-refractivity contribution is 0.0730. The summed E-state index contributed by atoms with van der Waals surface area (Å²) in [6, 6.07) is 14.0. The van der Waals surface area contributed by atoms with Gasteiger partial charge in [0.2, 0.25) is 10.0 Å². The molecule has 0 atom stereocenters. The minimum atomic E-state index is -3.51. The third-order valence-corrected chi connectivity index (χ3v) is 6.77. The van der Waals surface area contributed by atoms with Gasteiger partial charge in [-0.25, -0.2) is 13.2 Å². The molecule has 1 aliphatic heterocycles. The molecule has 9 heteroatoms. The molecule has 1 saturated heterocycles. The lowest BCUT2D eigenvalue weighted by Gasteiger charge is -2.26. The van der Waals surface area contributed by atoms with Crippen LogP contribution in [0.15, 0.2) is 53.4 Å². The summed E-state index contributed by atoms with van der Waals surface area (Å²) in [5.41, 5.74) is 1.84. The van der Waals surface area contributed by atoms with E-state index in [9.17, 15) is 13.2 Å². The Morgan fingerprint density at radius 1 is 1.07 bits per heavy atom. The number of morpholine rings is 1. The Bertz CT molecular complexity index is 941. The largest absolute Gasteiger partial charge is 0.496 e. The van der Waals surface area contributed by atoms with Crippen molar-refractivity contribution in [3.8, 4) is 5.75 Å². The van der Waals surface area contributed by atoms with E-state index in [2.05, 4.69) is 10.6 Å². The first-order valence-electron chi connectivity index (χ1n) is 9.81. The van der Waals surface area contributed by atoms with Crippen LogP contribution in [0.5, 0.6) is 5.75 Å². The lowest BCUT2D eigenvalue weighted by Crippen LogP contribution is -2.40. The van der Waals surface area contributed by atoms with E-state index in [4.69, 9.17) is 9.47 Å². The van der Waals surface area contributed by atoms with Gasteiger partial charge in [-0.3, -0.25) is 0 Å². The van der Waals surface area contributed by atoms with Crippen LogP contribution < -0.4 is 15.4 Å². The summed E-state index contributed by atoms with van der Waals surface area (Å²) < 4.78 is 37.2. The molecule has 0 aromatic heterocycles. The average molecular weight is 434 g/mol. The van der Waals surface area contributed by atoms with E-state index >= 15 is 0 Å². The van der Waals surface area contributed by atoms with Gasteiger partial charge >= 0.3 is 6.03 Å². The molecule has 0 spiro atoms. The highest BCUT2D eigenvalue weighted by Gasteiger charge is 2.26. The first-order valence-corrected chi connectivity index (χ1v) is 11.2. The Labute approximate surface area is 177 Å². The topological polar surface area (TPSA) is 97.0 Å². The highest BCUT2D eigenvalue weighted by atomic mass is 32.2. The molecule has 8 nitrogen and oxygen atoms in total. The molecule has 0 saturated carbocycles. The number of rotatable bonds is 8. The smallest absolute Gasteiger partial charge is 0.315 e. The van der Waals surface area contributed by atoms with Crippen LogP contribution in [-0.4, -0.2) is 58.7 Å². The molecule has 0 aliphatic carbocycles. The fourth-order valence-electron chi connectivity index (χ4n) is 3.18. The Morgan fingerprint density at radius 2 is 1.77 bits per heavy atom. The molecule has 0 radical (unpaired) electrons. The van der Waals surface area contributed by atoms with Crippen molar-refractivity contribution < 1.29 is 22.7 Å². The highest BCUT2D eigenvalue weighted by molar-refractivity contribution is 7.89. The van der Waals surface area contributed by atoms with E-state index in [-0.39, 0.29) is 10.9 Å². The van der Waals surface area contributed by atoms with Gasteiger partial charge in [0.25, 0.3) is 0 Å². The summed E-state index contributed by atoms with van der Waals surface area (Å²) in [5, 5.41) is 5.59. The molecule has 1 fully saturated rings. The first-order chi connectivity index (χ1) is 14.5. The van der Waals surface area contributed by atoms with Crippen LogP contribution >= 0.6 is 0 Å². The maximum atomic E-state index is 12.6. The second-order valence-electron chi connectivity index (χ2n) is 6.83. The second kappa shape index (κ2) is 10.4. The number of methoxy groups -OCH3 is 1. The van der Waals surface area contributed by atoms with Gasteiger partial charge in [-0.1, -0.05) is 30.3 Å². The van der Waals surface area contributed by atoms with Gasteiger partial charge in [-0.15, -0.1) is 0 Å². The molecule has 0 unspecified atom stereocenters. The number of sulfonamides is 1. The summed E-state index contributed by atoms with van der Waals surface area (Å²) in [6.07, 6.45) is 0.658. The molecule has 0 bridgehead atoms. The normalized spacial score (nSPS) is 14.8. The fourth-order valence-corrected chi connectivity index (χ4v) is 4.59. The van der Waals surface area contributed by atoms with Crippen molar-refractivity contribution in [2.75, 3.05) is 40.0 Å². The predicted octanol–water partition coefficient (Wildman–Crippen LogP) is 1.76. The number of nitrogens with zero attached hydrogens (tertiary/aromatic N) is 1. The number of nitrogens with one attached hydrogen (secondary N) is 2. The van der Waals surface area contributed by atoms with Gasteiger partial charge < -0.3 is 20.1 Å². The predicted molar refractivity (Wildman–Crippen MR) is 113 cm³/mol. The minimum Gasteiger partial charge on any atom is -0.496 e. The van der Waals surface area contributed by atoms with Gasteiger partial charge in [0.1, 0.15) is 5.75 Å². The van der Waals surface area contributed by atoms with Crippen molar-refractivity contribution in [2.24, 2.45) is 0 Å². The number of amides is 2. The molecule has 30 heavy (non-hydrogen) atoms. The zero-order chi connectivity index (χ0) is 21.4. The van der Waals surface area contributed by atoms with E-state index in [0.717, 1.165) is 16.9 Å². The molecule has 2 amide bonds. The van der Waals surface area contributed by atoms with E-state index < -0.39 is 10.0 Å². The quantitative estimate of drug-likeness (QED) is 0.661. The summed E-state index contributed by atoms with van der Waals surface area (Å²) in [6.45, 7) is 2.32. The summed E-state index contributed by atoms with van der Waals surface area (Å²) in [7, 11) is -1.89. The van der Waals surface area contributed by atoms with Crippen molar-refractivity contribution in [1.29, 1.82) is 0 Å². The monoisotopic (exact) mass is 433 g/mol. The van der Waals surface area contributed by atoms with Gasteiger partial charge in [-0.05, 0) is 35.7 Å². The molecule has 2 aromatic carbocycles. The number of benzene rings is 2. The minimum absolute atomic E-state index is 0.245. The van der Waals surface area contributed by atoms with Gasteiger partial charge in [0.15, 0.2) is 0 Å². The van der Waals surface area contributed by atoms with Crippen LogP contribution in [0, 0.1) is 0 Å². The van der Waals surface area contributed by atoms with Crippen molar-refractivity contribution in [1.82, 2.24) is 14.9 Å². The first kappa shape index (κ1) is 22.1. The molecule has 1 heterocycles. The highest BCUT2D eigenvalue weighted by Crippen LogP contribution is 2.18. The molecule has 2 N–H and O–H groups in total. The van der Waals surface area contributed by atoms with Crippen molar-refractivity contribution in [2.45, 2.75) is 17.9 Å². The van der Waals surface area contributed by atoms with E-state index in [1.54, 1.807) is 31.4 Å². The number of hydrogen-bond acceptors (Lipinski definition) is 5. The van der Waals surface area contributed by atoms with Crippen LogP contribution in [0.3, 0.4) is 0 Å². The average Bonchev–Trinajstić information content (AvgIpc) is 2.79. The van der Waals surface area contributed by atoms with Crippen LogP contribution in [0.1, 0.15) is 11.1 Å². The van der Waals surface area contributed by atoms with Gasteiger partial charge in [-0.2, -0.15) is 4.31 Å². The van der Waals surface area contributed by atoms with Crippen molar-refractivity contribution in [3.05, 3.63) is 59.7 Å². The number of ether oxygens (including phenoxy) is 2. The molecule has 1 aliphatic rings.